The van der Waals surface area contributed by atoms with E-state index in [1.807, 2.05) is 6.92 Å². The molecular weight excluding hydrogens is 355 g/mol. The van der Waals surface area contributed by atoms with Crippen LogP contribution in [0, 0.1) is 18.7 Å². The van der Waals surface area contributed by atoms with Crippen molar-refractivity contribution < 1.29 is 14.0 Å². The van der Waals surface area contributed by atoms with Crippen molar-refractivity contribution >= 4 is 11.8 Å². The lowest BCUT2D eigenvalue weighted by atomic mass is 9.94. The summed E-state index contributed by atoms with van der Waals surface area (Å²) in [6.45, 7) is 5.18. The zero-order chi connectivity index (χ0) is 20.1. The van der Waals surface area contributed by atoms with Crippen molar-refractivity contribution in [2.45, 2.75) is 39.2 Å². The van der Waals surface area contributed by atoms with Gasteiger partial charge in [0, 0.05) is 24.6 Å². The Morgan fingerprint density at radius 3 is 2.25 bits per heavy atom. The molecule has 28 heavy (non-hydrogen) atoms. The molecule has 148 valence electrons. The van der Waals surface area contributed by atoms with Crippen LogP contribution in [0.25, 0.3) is 0 Å². The second kappa shape index (κ2) is 9.00. The van der Waals surface area contributed by atoms with Gasteiger partial charge in [-0.15, -0.1) is 0 Å². The Labute approximate surface area is 165 Å². The average molecular weight is 382 g/mol. The van der Waals surface area contributed by atoms with E-state index in [1.165, 1.54) is 29.8 Å². The van der Waals surface area contributed by atoms with Crippen LogP contribution in [0.3, 0.4) is 0 Å². The maximum atomic E-state index is 13.0. The molecule has 0 saturated carbocycles. The monoisotopic (exact) mass is 382 g/mol. The van der Waals surface area contributed by atoms with E-state index in [-0.39, 0.29) is 29.6 Å². The summed E-state index contributed by atoms with van der Waals surface area (Å²) in [5, 5.41) is 3.17. The van der Waals surface area contributed by atoms with Crippen molar-refractivity contribution in [3.05, 3.63) is 71.0 Å². The number of benzene rings is 2. The highest BCUT2D eigenvalue weighted by atomic mass is 19.1. The zero-order valence-corrected chi connectivity index (χ0v) is 16.5. The van der Waals surface area contributed by atoms with Gasteiger partial charge in [0.1, 0.15) is 5.82 Å². The molecule has 5 heteroatoms. The quantitative estimate of drug-likeness (QED) is 0.840. The second-order valence-electron chi connectivity index (χ2n) is 7.45. The Kier molecular flexibility index (Phi) is 6.45. The van der Waals surface area contributed by atoms with Gasteiger partial charge in [0.25, 0.3) is 5.91 Å². The number of amides is 2. The van der Waals surface area contributed by atoms with E-state index in [9.17, 15) is 14.0 Å². The van der Waals surface area contributed by atoms with Gasteiger partial charge in [-0.25, -0.2) is 4.39 Å². The number of piperidine rings is 1. The van der Waals surface area contributed by atoms with Crippen molar-refractivity contribution in [1.29, 1.82) is 0 Å². The predicted octanol–water partition coefficient (Wildman–Crippen LogP) is 4.25. The Balaban J connectivity index is 1.55. The first-order chi connectivity index (χ1) is 13.5. The molecule has 1 unspecified atom stereocenters. The summed E-state index contributed by atoms with van der Waals surface area (Å²) in [7, 11) is 0. The van der Waals surface area contributed by atoms with E-state index in [0.717, 1.165) is 12.0 Å². The number of likely N-dealkylation sites (tertiary alicyclic amines) is 1. The van der Waals surface area contributed by atoms with Gasteiger partial charge in [0.05, 0.1) is 6.04 Å². The molecule has 1 N–H and O–H groups in total. The van der Waals surface area contributed by atoms with E-state index < -0.39 is 0 Å². The van der Waals surface area contributed by atoms with Crippen LogP contribution in [0.2, 0.25) is 0 Å². The topological polar surface area (TPSA) is 49.4 Å². The standard InChI is InChI=1S/C23H27FN2O2/c1-3-21(17-6-4-16(2)5-7-17)25-22(27)18-12-14-26(15-13-18)23(28)19-8-10-20(24)11-9-19/h4-11,18,21H,3,12-15H2,1-2H3,(H,25,27). The van der Waals surface area contributed by atoms with Crippen LogP contribution in [-0.2, 0) is 4.79 Å². The summed E-state index contributed by atoms with van der Waals surface area (Å²) in [6.07, 6.45) is 2.11. The SMILES string of the molecule is CCC(NC(=O)C1CCN(C(=O)c2ccc(F)cc2)CC1)c1ccc(C)cc1. The molecule has 2 aromatic rings. The third-order valence-corrected chi connectivity index (χ3v) is 5.45. The van der Waals surface area contributed by atoms with E-state index in [2.05, 4.69) is 36.5 Å². The molecule has 3 rings (SSSR count). The van der Waals surface area contributed by atoms with Crippen LogP contribution in [0.5, 0.6) is 0 Å². The van der Waals surface area contributed by atoms with Crippen LogP contribution in [0.1, 0.15) is 53.7 Å². The number of hydrogen-bond acceptors (Lipinski definition) is 2. The molecule has 0 radical (unpaired) electrons. The fraction of sp³-hybridized carbons (Fsp3) is 0.391. The third-order valence-electron chi connectivity index (χ3n) is 5.45. The smallest absolute Gasteiger partial charge is 0.253 e. The van der Waals surface area contributed by atoms with Crippen molar-refractivity contribution in [3.63, 3.8) is 0 Å². The minimum absolute atomic E-state index is 0.00646. The lowest BCUT2D eigenvalue weighted by Gasteiger charge is -2.32. The molecule has 1 atom stereocenters. The molecule has 1 fully saturated rings. The first-order valence-corrected chi connectivity index (χ1v) is 9.89. The fourth-order valence-corrected chi connectivity index (χ4v) is 3.63. The van der Waals surface area contributed by atoms with Gasteiger partial charge in [-0.1, -0.05) is 36.8 Å². The number of halogens is 1. The van der Waals surface area contributed by atoms with Crippen LogP contribution in [0.4, 0.5) is 4.39 Å². The van der Waals surface area contributed by atoms with Crippen molar-refractivity contribution in [1.82, 2.24) is 10.2 Å². The Morgan fingerprint density at radius 1 is 1.07 bits per heavy atom. The Bertz CT molecular complexity index is 810. The van der Waals surface area contributed by atoms with Crippen molar-refractivity contribution in [3.8, 4) is 0 Å². The zero-order valence-electron chi connectivity index (χ0n) is 16.5. The highest BCUT2D eigenvalue weighted by Crippen LogP contribution is 2.23. The third kappa shape index (κ3) is 4.77. The first-order valence-electron chi connectivity index (χ1n) is 9.89. The molecular formula is C23H27FN2O2. The molecule has 1 heterocycles. The summed E-state index contributed by atoms with van der Waals surface area (Å²) in [6, 6.07) is 13.8. The number of carbonyl (C=O) groups excluding carboxylic acids is 2. The maximum absolute atomic E-state index is 13.0. The first kappa shape index (κ1) is 20.1. The van der Waals surface area contributed by atoms with Gasteiger partial charge in [0.15, 0.2) is 0 Å². The molecule has 0 bridgehead atoms. The van der Waals surface area contributed by atoms with Crippen LogP contribution in [0.15, 0.2) is 48.5 Å². The molecule has 1 saturated heterocycles. The van der Waals surface area contributed by atoms with E-state index in [0.29, 0.717) is 31.5 Å². The van der Waals surface area contributed by atoms with Gasteiger partial charge >= 0.3 is 0 Å². The molecule has 0 aliphatic carbocycles. The number of nitrogens with zero attached hydrogens (tertiary/aromatic N) is 1. The largest absolute Gasteiger partial charge is 0.349 e. The lowest BCUT2D eigenvalue weighted by Crippen LogP contribution is -2.43. The van der Waals surface area contributed by atoms with Gasteiger partial charge in [-0.3, -0.25) is 9.59 Å². The highest BCUT2D eigenvalue weighted by Gasteiger charge is 2.29. The Hall–Kier alpha value is -2.69. The van der Waals surface area contributed by atoms with Gasteiger partial charge < -0.3 is 10.2 Å². The number of rotatable bonds is 5. The molecule has 1 aliphatic heterocycles. The van der Waals surface area contributed by atoms with Gasteiger partial charge in [0.2, 0.25) is 5.91 Å². The van der Waals surface area contributed by atoms with Crippen molar-refractivity contribution in [2.24, 2.45) is 5.92 Å². The summed E-state index contributed by atoms with van der Waals surface area (Å²) < 4.78 is 13.0. The number of nitrogens with one attached hydrogen (secondary N) is 1. The molecule has 1 aliphatic rings. The normalized spacial score (nSPS) is 15.9. The summed E-state index contributed by atoms with van der Waals surface area (Å²) >= 11 is 0. The molecule has 2 amide bonds. The minimum Gasteiger partial charge on any atom is -0.349 e. The number of aryl methyl sites for hydroxylation is 1. The van der Waals surface area contributed by atoms with Gasteiger partial charge in [-0.05, 0) is 56.0 Å². The molecule has 2 aromatic carbocycles. The summed E-state index contributed by atoms with van der Waals surface area (Å²) in [5.74, 6) is -0.492. The van der Waals surface area contributed by atoms with Crippen LogP contribution >= 0.6 is 0 Å². The van der Waals surface area contributed by atoms with Crippen molar-refractivity contribution in [2.75, 3.05) is 13.1 Å². The number of carbonyl (C=O) groups is 2. The van der Waals surface area contributed by atoms with Crippen LogP contribution < -0.4 is 5.32 Å². The molecule has 4 nitrogen and oxygen atoms in total. The molecule has 0 aromatic heterocycles. The van der Waals surface area contributed by atoms with E-state index >= 15 is 0 Å². The predicted molar refractivity (Wildman–Crippen MR) is 107 cm³/mol. The van der Waals surface area contributed by atoms with E-state index in [1.54, 1.807) is 4.90 Å². The lowest BCUT2D eigenvalue weighted by molar-refractivity contribution is -0.127. The summed E-state index contributed by atoms with van der Waals surface area (Å²) in [5.41, 5.74) is 2.79. The fourth-order valence-electron chi connectivity index (χ4n) is 3.63. The Morgan fingerprint density at radius 2 is 1.68 bits per heavy atom. The average Bonchev–Trinajstić information content (AvgIpc) is 2.73. The highest BCUT2D eigenvalue weighted by molar-refractivity contribution is 5.94. The van der Waals surface area contributed by atoms with Crippen LogP contribution in [-0.4, -0.2) is 29.8 Å². The van der Waals surface area contributed by atoms with Gasteiger partial charge in [-0.2, -0.15) is 0 Å². The second-order valence-corrected chi connectivity index (χ2v) is 7.45. The minimum atomic E-state index is -0.356. The number of hydrogen-bond donors (Lipinski definition) is 1. The molecule has 0 spiro atoms. The van der Waals surface area contributed by atoms with E-state index in [4.69, 9.17) is 0 Å². The maximum Gasteiger partial charge on any atom is 0.253 e. The summed E-state index contributed by atoms with van der Waals surface area (Å²) in [4.78, 5) is 27.0.